The zero-order valence-corrected chi connectivity index (χ0v) is 11.8. The van der Waals surface area contributed by atoms with Crippen molar-refractivity contribution in [2.45, 2.75) is 26.5 Å². The fourth-order valence-corrected chi connectivity index (χ4v) is 2.24. The van der Waals surface area contributed by atoms with Crippen LogP contribution in [0, 0.1) is 5.82 Å². The van der Waals surface area contributed by atoms with Crippen LogP contribution < -0.4 is 4.90 Å². The molecule has 2 aromatic rings. The quantitative estimate of drug-likeness (QED) is 0.908. The smallest absolute Gasteiger partial charge is 0.146 e. The van der Waals surface area contributed by atoms with Crippen LogP contribution in [0.4, 0.5) is 10.1 Å². The molecule has 0 aliphatic rings. The van der Waals surface area contributed by atoms with Gasteiger partial charge in [0, 0.05) is 18.3 Å². The van der Waals surface area contributed by atoms with Crippen LogP contribution in [-0.4, -0.2) is 16.6 Å². The number of aliphatic hydroxyl groups is 1. The van der Waals surface area contributed by atoms with E-state index >= 15 is 0 Å². The first-order chi connectivity index (χ1) is 9.63. The van der Waals surface area contributed by atoms with Gasteiger partial charge in [0.1, 0.15) is 5.82 Å². The summed E-state index contributed by atoms with van der Waals surface area (Å²) in [7, 11) is 0. The van der Waals surface area contributed by atoms with E-state index in [1.165, 1.54) is 6.07 Å². The summed E-state index contributed by atoms with van der Waals surface area (Å²) < 4.78 is 14.2. The molecule has 1 aromatic heterocycles. The average Bonchev–Trinajstić information content (AvgIpc) is 2.46. The Morgan fingerprint density at radius 1 is 1.25 bits per heavy atom. The number of halogens is 1. The maximum atomic E-state index is 14.2. The van der Waals surface area contributed by atoms with Crippen molar-refractivity contribution in [3.05, 3.63) is 59.7 Å². The topological polar surface area (TPSA) is 36.4 Å². The largest absolute Gasteiger partial charge is 0.389 e. The van der Waals surface area contributed by atoms with Gasteiger partial charge < -0.3 is 10.0 Å². The van der Waals surface area contributed by atoms with Crippen LogP contribution in [0.1, 0.15) is 31.2 Å². The molecule has 4 heteroatoms. The van der Waals surface area contributed by atoms with Gasteiger partial charge in [-0.15, -0.1) is 0 Å². The molecular weight excluding hydrogens is 255 g/mol. The van der Waals surface area contributed by atoms with Gasteiger partial charge in [-0.25, -0.2) is 4.39 Å². The number of aromatic nitrogens is 1. The van der Waals surface area contributed by atoms with E-state index in [9.17, 15) is 9.50 Å². The predicted octanol–water partition coefficient (Wildman–Crippen LogP) is 3.30. The van der Waals surface area contributed by atoms with E-state index < -0.39 is 6.10 Å². The lowest BCUT2D eigenvalue weighted by Crippen LogP contribution is -2.25. The minimum absolute atomic E-state index is 0.318. The van der Waals surface area contributed by atoms with Crippen LogP contribution in [0.25, 0.3) is 0 Å². The van der Waals surface area contributed by atoms with E-state index in [0.717, 1.165) is 5.69 Å². The van der Waals surface area contributed by atoms with E-state index in [1.807, 2.05) is 30.0 Å². The first-order valence-corrected chi connectivity index (χ1v) is 6.74. The van der Waals surface area contributed by atoms with E-state index in [1.54, 1.807) is 25.3 Å². The molecule has 1 atom stereocenters. The van der Waals surface area contributed by atoms with Crippen molar-refractivity contribution in [1.82, 2.24) is 4.98 Å². The van der Waals surface area contributed by atoms with Gasteiger partial charge in [0.25, 0.3) is 0 Å². The number of hydrogen-bond acceptors (Lipinski definition) is 3. The average molecular weight is 274 g/mol. The normalized spacial score (nSPS) is 12.2. The van der Waals surface area contributed by atoms with Crippen molar-refractivity contribution in [1.29, 1.82) is 0 Å². The highest BCUT2D eigenvalue weighted by Crippen LogP contribution is 2.30. The molecule has 0 saturated heterocycles. The van der Waals surface area contributed by atoms with E-state index in [0.29, 0.717) is 24.3 Å². The Labute approximate surface area is 118 Å². The zero-order valence-electron chi connectivity index (χ0n) is 11.8. The predicted molar refractivity (Wildman–Crippen MR) is 78.0 cm³/mol. The van der Waals surface area contributed by atoms with Crippen molar-refractivity contribution in [2.24, 2.45) is 0 Å². The zero-order chi connectivity index (χ0) is 14.5. The molecule has 0 aliphatic carbocycles. The highest BCUT2D eigenvalue weighted by atomic mass is 19.1. The van der Waals surface area contributed by atoms with Crippen molar-refractivity contribution >= 4 is 5.69 Å². The number of benzene rings is 1. The maximum absolute atomic E-state index is 14.2. The summed E-state index contributed by atoms with van der Waals surface area (Å²) in [5.41, 5.74) is 1.92. The summed E-state index contributed by atoms with van der Waals surface area (Å²) in [5, 5.41) is 9.83. The van der Waals surface area contributed by atoms with Crippen LogP contribution in [0.3, 0.4) is 0 Å². The van der Waals surface area contributed by atoms with Gasteiger partial charge in [0.15, 0.2) is 0 Å². The number of nitrogens with zero attached hydrogens (tertiary/aromatic N) is 2. The molecule has 0 fully saturated rings. The number of pyridine rings is 1. The number of para-hydroxylation sites is 1. The van der Waals surface area contributed by atoms with Gasteiger partial charge in [-0.3, -0.25) is 4.98 Å². The van der Waals surface area contributed by atoms with Gasteiger partial charge in [0.05, 0.1) is 24.0 Å². The van der Waals surface area contributed by atoms with Crippen LogP contribution in [0.5, 0.6) is 0 Å². The molecule has 1 unspecified atom stereocenters. The molecule has 0 bridgehead atoms. The Kier molecular flexibility index (Phi) is 4.69. The minimum atomic E-state index is -0.710. The molecule has 0 spiro atoms. The second kappa shape index (κ2) is 6.48. The Hall–Kier alpha value is -1.94. The van der Waals surface area contributed by atoms with Crippen LogP contribution >= 0.6 is 0 Å². The summed E-state index contributed by atoms with van der Waals surface area (Å²) in [4.78, 5) is 6.16. The van der Waals surface area contributed by atoms with E-state index in [-0.39, 0.29) is 5.82 Å². The molecule has 2 rings (SSSR count). The minimum Gasteiger partial charge on any atom is -0.389 e. The maximum Gasteiger partial charge on any atom is 0.146 e. The third-order valence-corrected chi connectivity index (χ3v) is 3.25. The number of aliphatic hydroxyl groups excluding tert-OH is 1. The Morgan fingerprint density at radius 3 is 2.65 bits per heavy atom. The first-order valence-electron chi connectivity index (χ1n) is 6.74. The molecule has 1 N–H and O–H groups in total. The van der Waals surface area contributed by atoms with Crippen molar-refractivity contribution in [3.8, 4) is 0 Å². The molecular formula is C16H19FN2O. The second-order valence-corrected chi connectivity index (χ2v) is 4.69. The number of hydrogen-bond donors (Lipinski definition) is 1. The van der Waals surface area contributed by atoms with Crippen LogP contribution in [0.2, 0.25) is 0 Å². The van der Waals surface area contributed by atoms with Crippen LogP contribution in [-0.2, 0) is 6.54 Å². The molecule has 0 amide bonds. The van der Waals surface area contributed by atoms with Crippen molar-refractivity contribution in [2.75, 3.05) is 11.4 Å². The molecule has 20 heavy (non-hydrogen) atoms. The molecule has 0 saturated carbocycles. The summed E-state index contributed by atoms with van der Waals surface area (Å²) in [6.45, 7) is 4.75. The fraction of sp³-hybridized carbons (Fsp3) is 0.312. The van der Waals surface area contributed by atoms with Crippen molar-refractivity contribution in [3.63, 3.8) is 0 Å². The third kappa shape index (κ3) is 3.14. The Balaban J connectivity index is 2.37. The van der Waals surface area contributed by atoms with Gasteiger partial charge in [0.2, 0.25) is 0 Å². The van der Waals surface area contributed by atoms with Crippen molar-refractivity contribution < 1.29 is 9.50 Å². The summed E-state index contributed by atoms with van der Waals surface area (Å²) in [6.07, 6.45) is 1.01. The Bertz CT molecular complexity index is 558. The van der Waals surface area contributed by atoms with Gasteiger partial charge >= 0.3 is 0 Å². The fourth-order valence-electron chi connectivity index (χ4n) is 2.24. The summed E-state index contributed by atoms with van der Waals surface area (Å²) in [6, 6.07) is 10.5. The SMILES string of the molecule is CCN(Cc1ccccn1)c1c(F)cccc1C(C)O. The molecule has 3 nitrogen and oxygen atoms in total. The third-order valence-electron chi connectivity index (χ3n) is 3.25. The first kappa shape index (κ1) is 14.5. The Morgan fingerprint density at radius 2 is 2.05 bits per heavy atom. The van der Waals surface area contributed by atoms with Gasteiger partial charge in [-0.2, -0.15) is 0 Å². The summed E-state index contributed by atoms with van der Waals surface area (Å²) in [5.74, 6) is -0.318. The lowest BCUT2D eigenvalue weighted by atomic mass is 10.1. The monoisotopic (exact) mass is 274 g/mol. The molecule has 0 aliphatic heterocycles. The molecule has 106 valence electrons. The lowest BCUT2D eigenvalue weighted by molar-refractivity contribution is 0.199. The molecule has 0 radical (unpaired) electrons. The van der Waals surface area contributed by atoms with Gasteiger partial charge in [-0.1, -0.05) is 18.2 Å². The van der Waals surface area contributed by atoms with Gasteiger partial charge in [-0.05, 0) is 32.0 Å². The highest BCUT2D eigenvalue weighted by molar-refractivity contribution is 5.55. The molecule has 1 heterocycles. The number of anilines is 1. The van der Waals surface area contributed by atoms with E-state index in [2.05, 4.69) is 4.98 Å². The number of rotatable bonds is 5. The molecule has 1 aromatic carbocycles. The standard InChI is InChI=1S/C16H19FN2O/c1-3-19(11-13-7-4-5-10-18-13)16-14(12(2)20)8-6-9-15(16)17/h4-10,12,20H,3,11H2,1-2H3. The lowest BCUT2D eigenvalue weighted by Gasteiger charge is -2.26. The highest BCUT2D eigenvalue weighted by Gasteiger charge is 2.18. The van der Waals surface area contributed by atoms with E-state index in [4.69, 9.17) is 0 Å². The second-order valence-electron chi connectivity index (χ2n) is 4.69. The van der Waals surface area contributed by atoms with Crippen LogP contribution in [0.15, 0.2) is 42.6 Å². The summed E-state index contributed by atoms with van der Waals surface area (Å²) >= 11 is 0.